The number of halogens is 1. The zero-order valence-corrected chi connectivity index (χ0v) is 14.6. The summed E-state index contributed by atoms with van der Waals surface area (Å²) in [7, 11) is 0. The van der Waals surface area contributed by atoms with E-state index >= 15 is 0 Å². The first kappa shape index (κ1) is 18.7. The number of para-hydroxylation sites is 1. The van der Waals surface area contributed by atoms with Gasteiger partial charge in [-0.3, -0.25) is 14.9 Å². The largest absolute Gasteiger partial charge is 0.494 e. The zero-order chi connectivity index (χ0) is 18.2. The van der Waals surface area contributed by atoms with Crippen molar-refractivity contribution in [3.63, 3.8) is 0 Å². The lowest BCUT2D eigenvalue weighted by molar-refractivity contribution is -0.384. The molecular formula is C18H19ClN2O4. The maximum atomic E-state index is 12.1. The summed E-state index contributed by atoms with van der Waals surface area (Å²) in [4.78, 5) is 22.4. The highest BCUT2D eigenvalue weighted by atomic mass is 35.5. The molecule has 0 unspecified atom stereocenters. The Labute approximate surface area is 150 Å². The summed E-state index contributed by atoms with van der Waals surface area (Å²) in [5, 5.41) is 13.6. The molecule has 2 aromatic rings. The van der Waals surface area contributed by atoms with Crippen molar-refractivity contribution in [2.45, 2.75) is 19.8 Å². The van der Waals surface area contributed by atoms with E-state index in [2.05, 4.69) is 5.32 Å². The summed E-state index contributed by atoms with van der Waals surface area (Å²) in [6.07, 6.45) is 1.49. The maximum Gasteiger partial charge on any atom is 0.288 e. The van der Waals surface area contributed by atoms with Gasteiger partial charge < -0.3 is 10.1 Å². The number of nitrogens with zero attached hydrogens (tertiary/aromatic N) is 1. The average Bonchev–Trinajstić information content (AvgIpc) is 2.60. The smallest absolute Gasteiger partial charge is 0.288 e. The molecule has 0 heterocycles. The minimum absolute atomic E-state index is 0.00841. The van der Waals surface area contributed by atoms with Crippen molar-refractivity contribution in [2.24, 2.45) is 0 Å². The van der Waals surface area contributed by atoms with Crippen LogP contribution in [0.15, 0.2) is 42.5 Å². The van der Waals surface area contributed by atoms with Crippen LogP contribution in [0.4, 0.5) is 5.69 Å². The predicted octanol–water partition coefficient (Wildman–Crippen LogP) is 4.01. The number of amides is 1. The third-order valence-electron chi connectivity index (χ3n) is 3.59. The second-order valence-electron chi connectivity index (χ2n) is 5.32. The second kappa shape index (κ2) is 9.03. The molecule has 6 nitrogen and oxygen atoms in total. The van der Waals surface area contributed by atoms with Crippen molar-refractivity contribution in [2.75, 3.05) is 13.2 Å². The third kappa shape index (κ3) is 5.19. The Morgan fingerprint density at radius 1 is 1.28 bits per heavy atom. The van der Waals surface area contributed by atoms with Crippen molar-refractivity contribution in [1.29, 1.82) is 0 Å². The molecule has 7 heteroatoms. The molecular weight excluding hydrogens is 344 g/mol. The van der Waals surface area contributed by atoms with Crippen molar-refractivity contribution in [3.8, 4) is 5.75 Å². The number of nitro benzene ring substituents is 1. The molecule has 2 aromatic carbocycles. The number of carbonyl (C=O) groups excluding carboxylic acids is 1. The van der Waals surface area contributed by atoms with Crippen molar-refractivity contribution in [3.05, 3.63) is 68.7 Å². The van der Waals surface area contributed by atoms with E-state index in [1.807, 2.05) is 31.2 Å². The van der Waals surface area contributed by atoms with Gasteiger partial charge in [0, 0.05) is 18.2 Å². The topological polar surface area (TPSA) is 81.5 Å². The van der Waals surface area contributed by atoms with Crippen LogP contribution in [0.2, 0.25) is 5.02 Å². The molecule has 1 N–H and O–H groups in total. The Kier molecular flexibility index (Phi) is 6.77. The first-order valence-corrected chi connectivity index (χ1v) is 8.33. The Morgan fingerprint density at radius 2 is 2.04 bits per heavy atom. The van der Waals surface area contributed by atoms with Gasteiger partial charge in [-0.15, -0.1) is 0 Å². The van der Waals surface area contributed by atoms with E-state index in [1.54, 1.807) is 0 Å². The number of ether oxygens (including phenoxy) is 1. The fourth-order valence-corrected chi connectivity index (χ4v) is 2.57. The van der Waals surface area contributed by atoms with Crippen molar-refractivity contribution >= 4 is 23.2 Å². The van der Waals surface area contributed by atoms with Gasteiger partial charge in [0.05, 0.1) is 11.5 Å². The van der Waals surface area contributed by atoms with E-state index in [-0.39, 0.29) is 22.2 Å². The van der Waals surface area contributed by atoms with Crippen LogP contribution in [0, 0.1) is 10.1 Å². The van der Waals surface area contributed by atoms with Gasteiger partial charge in [-0.2, -0.15) is 0 Å². The van der Waals surface area contributed by atoms with Crippen LogP contribution in [0.25, 0.3) is 0 Å². The molecule has 0 saturated heterocycles. The molecule has 0 fully saturated rings. The van der Waals surface area contributed by atoms with Crippen LogP contribution in [-0.2, 0) is 6.42 Å². The highest BCUT2D eigenvalue weighted by Gasteiger charge is 2.16. The monoisotopic (exact) mass is 362 g/mol. The number of hydrogen-bond acceptors (Lipinski definition) is 4. The molecule has 0 atom stereocenters. The Bertz CT molecular complexity index is 764. The maximum absolute atomic E-state index is 12.1. The summed E-state index contributed by atoms with van der Waals surface area (Å²) in [6.45, 7) is 2.99. The van der Waals surface area contributed by atoms with Crippen LogP contribution >= 0.6 is 11.6 Å². The molecule has 1 amide bonds. The number of aryl methyl sites for hydroxylation is 1. The molecule has 25 heavy (non-hydrogen) atoms. The molecule has 0 aromatic heterocycles. The van der Waals surface area contributed by atoms with Gasteiger partial charge in [-0.05, 0) is 43.5 Å². The van der Waals surface area contributed by atoms with Gasteiger partial charge in [0.1, 0.15) is 10.8 Å². The van der Waals surface area contributed by atoms with Gasteiger partial charge in [0.15, 0.2) is 0 Å². The summed E-state index contributed by atoms with van der Waals surface area (Å²) in [5.74, 6) is 0.488. The van der Waals surface area contributed by atoms with E-state index in [1.165, 1.54) is 18.2 Å². The molecule has 0 saturated carbocycles. The van der Waals surface area contributed by atoms with Gasteiger partial charge in [-0.1, -0.05) is 29.8 Å². The van der Waals surface area contributed by atoms with Crippen LogP contribution in [-0.4, -0.2) is 24.0 Å². The highest BCUT2D eigenvalue weighted by Crippen LogP contribution is 2.25. The minimum Gasteiger partial charge on any atom is -0.494 e. The molecule has 132 valence electrons. The molecule has 0 aliphatic heterocycles. The molecule has 0 spiro atoms. The highest BCUT2D eigenvalue weighted by molar-refractivity contribution is 6.32. The Morgan fingerprint density at radius 3 is 2.76 bits per heavy atom. The SMILES string of the molecule is CCOc1ccccc1CCCNC(=O)c1ccc(Cl)c([N+](=O)[O-])c1. The number of benzene rings is 2. The fraction of sp³-hybridized carbons (Fsp3) is 0.278. The van der Waals surface area contributed by atoms with Gasteiger partial charge in [0.2, 0.25) is 0 Å². The Balaban J connectivity index is 1.89. The van der Waals surface area contributed by atoms with E-state index < -0.39 is 4.92 Å². The quantitative estimate of drug-likeness (QED) is 0.437. The van der Waals surface area contributed by atoms with Gasteiger partial charge >= 0.3 is 0 Å². The summed E-state index contributed by atoms with van der Waals surface area (Å²) < 4.78 is 5.57. The standard InChI is InChI=1S/C18H19ClN2O4/c1-2-25-17-8-4-3-6-13(17)7-5-11-20-18(22)14-9-10-15(19)16(12-14)21(23)24/h3-4,6,8-10,12H,2,5,7,11H2,1H3,(H,20,22). The van der Waals surface area contributed by atoms with E-state index in [0.717, 1.165) is 24.2 Å². The van der Waals surface area contributed by atoms with Gasteiger partial charge in [0.25, 0.3) is 11.6 Å². The number of rotatable bonds is 8. The number of carbonyl (C=O) groups is 1. The van der Waals surface area contributed by atoms with E-state index in [9.17, 15) is 14.9 Å². The first-order valence-electron chi connectivity index (χ1n) is 7.95. The van der Waals surface area contributed by atoms with Gasteiger partial charge in [-0.25, -0.2) is 0 Å². The van der Waals surface area contributed by atoms with E-state index in [0.29, 0.717) is 13.2 Å². The fourth-order valence-electron chi connectivity index (χ4n) is 2.38. The lowest BCUT2D eigenvalue weighted by Crippen LogP contribution is -2.24. The van der Waals surface area contributed by atoms with E-state index in [4.69, 9.17) is 16.3 Å². The summed E-state index contributed by atoms with van der Waals surface area (Å²) in [5.41, 5.74) is 1.02. The normalized spacial score (nSPS) is 10.3. The molecule has 0 bridgehead atoms. The molecule has 0 radical (unpaired) electrons. The average molecular weight is 363 g/mol. The lowest BCUT2D eigenvalue weighted by Gasteiger charge is -2.10. The first-order chi connectivity index (χ1) is 12.0. The van der Waals surface area contributed by atoms with Crippen LogP contribution in [0.1, 0.15) is 29.3 Å². The number of hydrogen-bond donors (Lipinski definition) is 1. The second-order valence-corrected chi connectivity index (χ2v) is 5.73. The number of nitrogens with one attached hydrogen (secondary N) is 1. The zero-order valence-electron chi connectivity index (χ0n) is 13.8. The molecule has 2 rings (SSSR count). The molecule has 0 aliphatic rings. The Hall–Kier alpha value is -2.60. The van der Waals surface area contributed by atoms with Crippen LogP contribution in [0.5, 0.6) is 5.75 Å². The summed E-state index contributed by atoms with van der Waals surface area (Å²) in [6, 6.07) is 11.8. The molecule has 0 aliphatic carbocycles. The van der Waals surface area contributed by atoms with Crippen molar-refractivity contribution < 1.29 is 14.5 Å². The van der Waals surface area contributed by atoms with Crippen molar-refractivity contribution in [1.82, 2.24) is 5.32 Å². The number of nitro groups is 1. The predicted molar refractivity (Wildman–Crippen MR) is 96.4 cm³/mol. The lowest BCUT2D eigenvalue weighted by atomic mass is 10.1. The summed E-state index contributed by atoms with van der Waals surface area (Å²) >= 11 is 5.75. The minimum atomic E-state index is -0.607. The third-order valence-corrected chi connectivity index (χ3v) is 3.91. The van der Waals surface area contributed by atoms with Crippen LogP contribution in [0.3, 0.4) is 0 Å². The van der Waals surface area contributed by atoms with Crippen LogP contribution < -0.4 is 10.1 Å².